The van der Waals surface area contributed by atoms with E-state index in [1.165, 1.54) is 11.3 Å². The minimum absolute atomic E-state index is 0.120. The Kier molecular flexibility index (Phi) is 9.74. The first kappa shape index (κ1) is 27.2. The Labute approximate surface area is 217 Å². The van der Waals surface area contributed by atoms with Crippen LogP contribution in [0.1, 0.15) is 51.0 Å². The predicted octanol–water partition coefficient (Wildman–Crippen LogP) is 4.47. The SMILES string of the molecule is CC[C@@H](C(=O)NC1CCCCC1)N(Cc1ccccc1)C(=O)CN(c1ccc(Br)cc1)S(C)(=O)=O. The Morgan fingerprint density at radius 1 is 1.03 bits per heavy atom. The Hall–Kier alpha value is -2.39. The van der Waals surface area contributed by atoms with Crippen molar-refractivity contribution < 1.29 is 18.0 Å². The van der Waals surface area contributed by atoms with Gasteiger partial charge in [-0.3, -0.25) is 13.9 Å². The van der Waals surface area contributed by atoms with Crippen molar-refractivity contribution in [1.82, 2.24) is 10.2 Å². The largest absolute Gasteiger partial charge is 0.352 e. The Morgan fingerprint density at radius 2 is 1.66 bits per heavy atom. The molecular formula is C26H34BrN3O4S. The zero-order valence-corrected chi connectivity index (χ0v) is 22.7. The van der Waals surface area contributed by atoms with Gasteiger partial charge in [0.15, 0.2) is 0 Å². The first-order valence-electron chi connectivity index (χ1n) is 12.1. The number of nitrogens with zero attached hydrogens (tertiary/aromatic N) is 2. The van der Waals surface area contributed by atoms with Crippen LogP contribution in [-0.2, 0) is 26.2 Å². The molecule has 3 rings (SSSR count). The van der Waals surface area contributed by atoms with E-state index in [0.717, 1.165) is 46.3 Å². The lowest BCUT2D eigenvalue weighted by atomic mass is 9.95. The van der Waals surface area contributed by atoms with E-state index < -0.39 is 22.0 Å². The fraction of sp³-hybridized carbons (Fsp3) is 0.462. The van der Waals surface area contributed by atoms with Gasteiger partial charge in [-0.05, 0) is 49.1 Å². The van der Waals surface area contributed by atoms with Gasteiger partial charge >= 0.3 is 0 Å². The van der Waals surface area contributed by atoms with Crippen LogP contribution in [0.5, 0.6) is 0 Å². The van der Waals surface area contributed by atoms with Crippen molar-refractivity contribution in [2.75, 3.05) is 17.1 Å². The average Bonchev–Trinajstić information content (AvgIpc) is 2.83. The molecule has 7 nitrogen and oxygen atoms in total. The maximum Gasteiger partial charge on any atom is 0.244 e. The Balaban J connectivity index is 1.88. The quantitative estimate of drug-likeness (QED) is 0.462. The third-order valence-corrected chi connectivity index (χ3v) is 8.00. The van der Waals surface area contributed by atoms with Crippen LogP contribution in [-0.4, -0.2) is 50.0 Å². The standard InChI is InChI=1S/C26H34BrN3O4S/c1-3-24(26(32)28-22-12-8-5-9-13-22)29(18-20-10-6-4-7-11-20)25(31)19-30(35(2,33)34)23-16-14-21(27)15-17-23/h4,6-7,10-11,14-17,22,24H,3,5,8-9,12-13,18-19H2,1-2H3,(H,28,32)/t24-/m0/s1. The Bertz CT molecular complexity index is 1090. The normalized spacial score (nSPS) is 15.3. The van der Waals surface area contributed by atoms with Crippen molar-refractivity contribution >= 4 is 43.5 Å². The maximum absolute atomic E-state index is 13.7. The molecule has 1 saturated carbocycles. The number of carbonyl (C=O) groups is 2. The molecule has 0 saturated heterocycles. The van der Waals surface area contributed by atoms with Crippen LogP contribution >= 0.6 is 15.9 Å². The molecule has 0 radical (unpaired) electrons. The van der Waals surface area contributed by atoms with Crippen LogP contribution in [0.2, 0.25) is 0 Å². The number of halogens is 1. The summed E-state index contributed by atoms with van der Waals surface area (Å²) in [4.78, 5) is 28.5. The third kappa shape index (κ3) is 7.80. The molecule has 1 aliphatic carbocycles. The lowest BCUT2D eigenvalue weighted by Crippen LogP contribution is -2.53. The van der Waals surface area contributed by atoms with Gasteiger partial charge in [0.05, 0.1) is 11.9 Å². The minimum atomic E-state index is -3.74. The molecule has 0 spiro atoms. The van der Waals surface area contributed by atoms with E-state index in [1.807, 2.05) is 37.3 Å². The lowest BCUT2D eigenvalue weighted by Gasteiger charge is -2.34. The van der Waals surface area contributed by atoms with Gasteiger partial charge in [-0.2, -0.15) is 0 Å². The summed E-state index contributed by atoms with van der Waals surface area (Å²) in [6, 6.07) is 15.6. The molecule has 0 unspecified atom stereocenters. The van der Waals surface area contributed by atoms with Crippen molar-refractivity contribution in [3.8, 4) is 0 Å². The highest BCUT2D eigenvalue weighted by Crippen LogP contribution is 2.23. The molecule has 2 aromatic carbocycles. The van der Waals surface area contributed by atoms with Crippen molar-refractivity contribution in [3.05, 3.63) is 64.6 Å². The first-order chi connectivity index (χ1) is 16.7. The summed E-state index contributed by atoms with van der Waals surface area (Å²) >= 11 is 3.35. The molecular weight excluding hydrogens is 530 g/mol. The average molecular weight is 565 g/mol. The van der Waals surface area contributed by atoms with E-state index in [2.05, 4.69) is 21.2 Å². The summed E-state index contributed by atoms with van der Waals surface area (Å²) in [5.74, 6) is -0.605. The predicted molar refractivity (Wildman–Crippen MR) is 142 cm³/mol. The number of amides is 2. The van der Waals surface area contributed by atoms with Gasteiger partial charge in [0.1, 0.15) is 12.6 Å². The minimum Gasteiger partial charge on any atom is -0.352 e. The summed E-state index contributed by atoms with van der Waals surface area (Å²) < 4.78 is 27.2. The molecule has 2 aromatic rings. The highest BCUT2D eigenvalue weighted by molar-refractivity contribution is 9.10. The molecule has 0 aromatic heterocycles. The molecule has 1 atom stereocenters. The van der Waals surface area contributed by atoms with E-state index in [1.54, 1.807) is 24.3 Å². The van der Waals surface area contributed by atoms with E-state index >= 15 is 0 Å². The number of benzene rings is 2. The lowest BCUT2D eigenvalue weighted by molar-refractivity contribution is -0.140. The zero-order valence-electron chi connectivity index (χ0n) is 20.3. The smallest absolute Gasteiger partial charge is 0.244 e. The molecule has 1 N–H and O–H groups in total. The van der Waals surface area contributed by atoms with Gasteiger partial charge < -0.3 is 10.2 Å². The number of hydrogen-bond donors (Lipinski definition) is 1. The summed E-state index contributed by atoms with van der Waals surface area (Å²) in [7, 11) is -3.74. The second kappa shape index (κ2) is 12.5. The second-order valence-corrected chi connectivity index (χ2v) is 11.8. The van der Waals surface area contributed by atoms with E-state index in [0.29, 0.717) is 12.1 Å². The summed E-state index contributed by atoms with van der Waals surface area (Å²) in [6.07, 6.45) is 6.75. The van der Waals surface area contributed by atoms with Crippen molar-refractivity contribution in [2.24, 2.45) is 0 Å². The van der Waals surface area contributed by atoms with Gasteiger partial charge in [0.2, 0.25) is 21.8 Å². The molecule has 9 heteroatoms. The van der Waals surface area contributed by atoms with Crippen LogP contribution < -0.4 is 9.62 Å². The second-order valence-electron chi connectivity index (χ2n) is 9.02. The number of rotatable bonds is 10. The van der Waals surface area contributed by atoms with Crippen LogP contribution in [0.15, 0.2) is 59.1 Å². The van der Waals surface area contributed by atoms with E-state index in [9.17, 15) is 18.0 Å². The first-order valence-corrected chi connectivity index (χ1v) is 14.7. The fourth-order valence-electron chi connectivity index (χ4n) is 4.46. The highest BCUT2D eigenvalue weighted by atomic mass is 79.9. The molecule has 2 amide bonds. The van der Waals surface area contributed by atoms with E-state index in [4.69, 9.17) is 0 Å². The molecule has 0 bridgehead atoms. The van der Waals surface area contributed by atoms with Gasteiger partial charge in [0.25, 0.3) is 0 Å². The monoisotopic (exact) mass is 563 g/mol. The number of sulfonamides is 1. The number of hydrogen-bond acceptors (Lipinski definition) is 4. The van der Waals surface area contributed by atoms with Gasteiger partial charge in [-0.15, -0.1) is 0 Å². The highest BCUT2D eigenvalue weighted by Gasteiger charge is 2.32. The van der Waals surface area contributed by atoms with Crippen LogP contribution in [0, 0.1) is 0 Å². The van der Waals surface area contributed by atoms with Gasteiger partial charge in [0, 0.05) is 17.1 Å². The fourth-order valence-corrected chi connectivity index (χ4v) is 5.58. The summed E-state index contributed by atoms with van der Waals surface area (Å²) in [5, 5.41) is 3.14. The Morgan fingerprint density at radius 3 is 2.23 bits per heavy atom. The van der Waals surface area contributed by atoms with Crippen molar-refractivity contribution in [1.29, 1.82) is 0 Å². The van der Waals surface area contributed by atoms with Gasteiger partial charge in [-0.25, -0.2) is 8.42 Å². The summed E-state index contributed by atoms with van der Waals surface area (Å²) in [5.41, 5.74) is 1.27. The van der Waals surface area contributed by atoms with E-state index in [-0.39, 0.29) is 25.0 Å². The number of carbonyl (C=O) groups excluding carboxylic acids is 2. The van der Waals surface area contributed by atoms with Crippen molar-refractivity contribution in [2.45, 2.75) is 64.1 Å². The van der Waals surface area contributed by atoms with Crippen LogP contribution in [0.25, 0.3) is 0 Å². The maximum atomic E-state index is 13.7. The molecule has 1 fully saturated rings. The molecule has 35 heavy (non-hydrogen) atoms. The molecule has 0 heterocycles. The number of anilines is 1. The summed E-state index contributed by atoms with van der Waals surface area (Å²) in [6.45, 7) is 1.70. The van der Waals surface area contributed by atoms with Gasteiger partial charge in [-0.1, -0.05) is 72.4 Å². The third-order valence-electron chi connectivity index (χ3n) is 6.33. The van der Waals surface area contributed by atoms with Crippen molar-refractivity contribution in [3.63, 3.8) is 0 Å². The molecule has 190 valence electrons. The number of nitrogens with one attached hydrogen (secondary N) is 1. The molecule has 1 aliphatic rings. The van der Waals surface area contributed by atoms with Crippen LogP contribution in [0.4, 0.5) is 5.69 Å². The zero-order chi connectivity index (χ0) is 25.4. The van der Waals surface area contributed by atoms with Crippen LogP contribution in [0.3, 0.4) is 0 Å². The topological polar surface area (TPSA) is 86.8 Å². The molecule has 0 aliphatic heterocycles.